The van der Waals surface area contributed by atoms with E-state index in [0.717, 1.165) is 28.7 Å². The molecule has 1 N–H and O–H groups in total. The molecule has 0 fully saturated rings. The van der Waals surface area contributed by atoms with Gasteiger partial charge in [0.15, 0.2) is 0 Å². The van der Waals surface area contributed by atoms with Crippen LogP contribution < -0.4 is 4.74 Å². The Hall–Kier alpha value is -2.26. The molecule has 3 rings (SSSR count). The maximum atomic E-state index is 10.4. The lowest BCUT2D eigenvalue weighted by atomic mass is 10.1. The first-order valence-corrected chi connectivity index (χ1v) is 7.17. The molecule has 1 aromatic heterocycles. The van der Waals surface area contributed by atoms with Gasteiger partial charge in [0.05, 0.1) is 6.61 Å². The van der Waals surface area contributed by atoms with Gasteiger partial charge in [0.25, 0.3) is 0 Å². The minimum atomic E-state index is -0.766. The van der Waals surface area contributed by atoms with Crippen molar-refractivity contribution < 1.29 is 14.3 Å². The number of furan rings is 1. The minimum absolute atomic E-state index is 0.554. The Morgan fingerprint density at radius 1 is 1.10 bits per heavy atom. The molecule has 108 valence electrons. The van der Waals surface area contributed by atoms with Gasteiger partial charge < -0.3 is 14.3 Å². The van der Waals surface area contributed by atoms with E-state index >= 15 is 0 Å². The highest BCUT2D eigenvalue weighted by Gasteiger charge is 2.15. The molecule has 0 aliphatic rings. The Kier molecular flexibility index (Phi) is 3.93. The summed E-state index contributed by atoms with van der Waals surface area (Å²) < 4.78 is 11.2. The molecule has 21 heavy (non-hydrogen) atoms. The van der Waals surface area contributed by atoms with Gasteiger partial charge in [-0.25, -0.2) is 0 Å². The molecule has 0 bridgehead atoms. The zero-order valence-electron chi connectivity index (χ0n) is 12.0. The van der Waals surface area contributed by atoms with Gasteiger partial charge in [-0.15, -0.1) is 0 Å². The highest BCUT2D eigenvalue weighted by atomic mass is 16.5. The number of fused-ring (bicyclic) bond motifs is 1. The van der Waals surface area contributed by atoms with E-state index in [2.05, 4.69) is 6.92 Å². The molecule has 3 aromatic rings. The van der Waals surface area contributed by atoms with E-state index in [1.54, 1.807) is 0 Å². The van der Waals surface area contributed by atoms with E-state index in [9.17, 15) is 5.11 Å². The van der Waals surface area contributed by atoms with Gasteiger partial charge >= 0.3 is 0 Å². The molecule has 1 unspecified atom stereocenters. The van der Waals surface area contributed by atoms with Crippen LogP contribution in [0.2, 0.25) is 0 Å². The molecule has 3 nitrogen and oxygen atoms in total. The molecule has 3 heteroatoms. The van der Waals surface area contributed by atoms with Crippen molar-refractivity contribution in [1.29, 1.82) is 0 Å². The third-order valence-electron chi connectivity index (χ3n) is 3.38. The van der Waals surface area contributed by atoms with Crippen molar-refractivity contribution in [2.24, 2.45) is 0 Å². The maximum absolute atomic E-state index is 10.4. The van der Waals surface area contributed by atoms with Gasteiger partial charge in [-0.1, -0.05) is 37.3 Å². The summed E-state index contributed by atoms with van der Waals surface area (Å²) in [6, 6.07) is 17.1. The van der Waals surface area contributed by atoms with Crippen molar-refractivity contribution in [2.75, 3.05) is 6.61 Å². The molecular formula is C18H18O3. The first kappa shape index (κ1) is 13.7. The predicted octanol–water partition coefficient (Wildman–Crippen LogP) is 4.30. The van der Waals surface area contributed by atoms with Gasteiger partial charge in [-0.3, -0.25) is 0 Å². The summed E-state index contributed by atoms with van der Waals surface area (Å²) in [6.07, 6.45) is 0.209. The van der Waals surface area contributed by atoms with Gasteiger partial charge in [0.2, 0.25) is 0 Å². The Balaban J connectivity index is 1.82. The number of hydrogen-bond donors (Lipinski definition) is 1. The molecule has 0 aliphatic heterocycles. The first-order chi connectivity index (χ1) is 10.3. The van der Waals surface area contributed by atoms with Crippen molar-refractivity contribution in [3.05, 3.63) is 65.9 Å². The number of hydrogen-bond acceptors (Lipinski definition) is 3. The van der Waals surface area contributed by atoms with Crippen molar-refractivity contribution in [3.8, 4) is 5.75 Å². The van der Waals surface area contributed by atoms with Crippen molar-refractivity contribution in [2.45, 2.75) is 19.4 Å². The zero-order chi connectivity index (χ0) is 14.7. The smallest absolute Gasteiger partial charge is 0.138 e. The summed E-state index contributed by atoms with van der Waals surface area (Å²) in [5.41, 5.74) is 1.58. The summed E-state index contributed by atoms with van der Waals surface area (Å²) >= 11 is 0. The van der Waals surface area contributed by atoms with Crippen LogP contribution in [0.1, 0.15) is 30.8 Å². The van der Waals surface area contributed by atoms with Gasteiger partial charge in [0.1, 0.15) is 23.2 Å². The normalized spacial score (nSPS) is 12.5. The number of rotatable bonds is 5. The van der Waals surface area contributed by atoms with Gasteiger partial charge in [0, 0.05) is 5.39 Å². The maximum Gasteiger partial charge on any atom is 0.138 e. The fourth-order valence-electron chi connectivity index (χ4n) is 2.27. The predicted molar refractivity (Wildman–Crippen MR) is 82.5 cm³/mol. The van der Waals surface area contributed by atoms with Crippen molar-refractivity contribution >= 4 is 11.0 Å². The van der Waals surface area contributed by atoms with Crippen LogP contribution in [0.5, 0.6) is 5.75 Å². The second-order valence-electron chi connectivity index (χ2n) is 5.01. The van der Waals surface area contributed by atoms with Crippen LogP contribution in [0.25, 0.3) is 11.0 Å². The van der Waals surface area contributed by atoms with Crippen molar-refractivity contribution in [1.82, 2.24) is 0 Å². The molecule has 0 radical (unpaired) electrons. The molecule has 0 spiro atoms. The third-order valence-corrected chi connectivity index (χ3v) is 3.38. The molecule has 1 atom stereocenters. The highest BCUT2D eigenvalue weighted by Crippen LogP contribution is 2.29. The molecule has 2 aromatic carbocycles. The van der Waals surface area contributed by atoms with E-state index in [1.165, 1.54) is 0 Å². The SMILES string of the molecule is CCCOc1ccc(C(O)c2cc3ccccc3o2)cc1. The molecule has 1 heterocycles. The Labute approximate surface area is 123 Å². The van der Waals surface area contributed by atoms with E-state index < -0.39 is 6.10 Å². The largest absolute Gasteiger partial charge is 0.494 e. The van der Waals surface area contributed by atoms with Gasteiger partial charge in [-0.05, 0) is 36.2 Å². The highest BCUT2D eigenvalue weighted by molar-refractivity contribution is 5.77. The molecule has 0 saturated heterocycles. The fraction of sp³-hybridized carbons (Fsp3) is 0.222. The summed E-state index contributed by atoms with van der Waals surface area (Å²) in [7, 11) is 0. The third kappa shape index (κ3) is 2.93. The molecule has 0 saturated carbocycles. The number of benzene rings is 2. The Morgan fingerprint density at radius 3 is 2.57 bits per heavy atom. The van der Waals surface area contributed by atoms with Crippen LogP contribution in [0.3, 0.4) is 0 Å². The summed E-state index contributed by atoms with van der Waals surface area (Å²) in [5.74, 6) is 1.37. The summed E-state index contributed by atoms with van der Waals surface area (Å²) in [4.78, 5) is 0. The van der Waals surface area contributed by atoms with E-state index in [-0.39, 0.29) is 0 Å². The molecular weight excluding hydrogens is 264 g/mol. The van der Waals surface area contributed by atoms with Crippen LogP contribution in [-0.2, 0) is 0 Å². The second-order valence-corrected chi connectivity index (χ2v) is 5.01. The van der Waals surface area contributed by atoms with Crippen LogP contribution in [0.4, 0.5) is 0 Å². The van der Waals surface area contributed by atoms with Gasteiger partial charge in [-0.2, -0.15) is 0 Å². The average Bonchev–Trinajstić information content (AvgIpc) is 2.96. The lowest BCUT2D eigenvalue weighted by Crippen LogP contribution is -1.99. The second kappa shape index (κ2) is 6.02. The van der Waals surface area contributed by atoms with Crippen LogP contribution >= 0.6 is 0 Å². The lowest BCUT2D eigenvalue weighted by molar-refractivity contribution is 0.192. The Morgan fingerprint density at radius 2 is 1.86 bits per heavy atom. The quantitative estimate of drug-likeness (QED) is 0.758. The molecule has 0 aliphatic carbocycles. The monoisotopic (exact) mass is 282 g/mol. The van der Waals surface area contributed by atoms with E-state index in [4.69, 9.17) is 9.15 Å². The number of para-hydroxylation sites is 1. The number of aliphatic hydroxyl groups excluding tert-OH is 1. The van der Waals surface area contributed by atoms with Crippen LogP contribution in [0, 0.1) is 0 Å². The average molecular weight is 282 g/mol. The number of ether oxygens (including phenoxy) is 1. The first-order valence-electron chi connectivity index (χ1n) is 7.17. The summed E-state index contributed by atoms with van der Waals surface area (Å²) in [5, 5.41) is 11.4. The van der Waals surface area contributed by atoms with Crippen molar-refractivity contribution in [3.63, 3.8) is 0 Å². The van der Waals surface area contributed by atoms with E-state index in [1.807, 2.05) is 54.6 Å². The lowest BCUT2D eigenvalue weighted by Gasteiger charge is -2.09. The molecule has 0 amide bonds. The number of aliphatic hydroxyl groups is 1. The minimum Gasteiger partial charge on any atom is -0.494 e. The topological polar surface area (TPSA) is 42.6 Å². The Bertz CT molecular complexity index is 680. The summed E-state index contributed by atoms with van der Waals surface area (Å²) in [6.45, 7) is 2.77. The standard InChI is InChI=1S/C18H18O3/c1-2-11-20-15-9-7-13(8-10-15)18(19)17-12-14-5-3-4-6-16(14)21-17/h3-10,12,18-19H,2,11H2,1H3. The van der Waals surface area contributed by atoms with E-state index in [0.29, 0.717) is 12.4 Å². The zero-order valence-corrected chi connectivity index (χ0v) is 12.0. The fourth-order valence-corrected chi connectivity index (χ4v) is 2.27. The van der Waals surface area contributed by atoms with Crippen LogP contribution in [-0.4, -0.2) is 11.7 Å². The van der Waals surface area contributed by atoms with Crippen LogP contribution in [0.15, 0.2) is 59.0 Å².